The summed E-state index contributed by atoms with van der Waals surface area (Å²) < 4.78 is 5.52. The van der Waals surface area contributed by atoms with Crippen LogP contribution in [0, 0.1) is 5.92 Å². The first kappa shape index (κ1) is 24.0. The van der Waals surface area contributed by atoms with Crippen LogP contribution in [0.15, 0.2) is 29.3 Å². The molecule has 1 unspecified atom stereocenters. The summed E-state index contributed by atoms with van der Waals surface area (Å²) in [6.45, 7) is 13.3. The van der Waals surface area contributed by atoms with Gasteiger partial charge in [0.1, 0.15) is 5.75 Å². The van der Waals surface area contributed by atoms with Crippen LogP contribution in [0.5, 0.6) is 5.75 Å². The number of rotatable bonds is 8. The van der Waals surface area contributed by atoms with Crippen LogP contribution in [0.3, 0.4) is 0 Å². The number of guanidine groups is 1. The Balaban J connectivity index is 0.00000364. The van der Waals surface area contributed by atoms with E-state index in [9.17, 15) is 0 Å². The third-order valence-electron chi connectivity index (χ3n) is 4.90. The quantitative estimate of drug-likeness (QED) is 0.343. The zero-order valence-corrected chi connectivity index (χ0v) is 19.7. The largest absolute Gasteiger partial charge is 0.494 e. The maximum Gasteiger partial charge on any atom is 0.193 e. The molecule has 5 nitrogen and oxygen atoms in total. The molecule has 1 aromatic rings. The Morgan fingerprint density at radius 2 is 2.00 bits per heavy atom. The predicted octanol–water partition coefficient (Wildman–Crippen LogP) is 3.83. The lowest BCUT2D eigenvalue weighted by Gasteiger charge is -2.31. The second-order valence-electron chi connectivity index (χ2n) is 7.03. The van der Waals surface area contributed by atoms with Crippen molar-refractivity contribution in [2.24, 2.45) is 10.9 Å². The molecule has 0 amide bonds. The van der Waals surface area contributed by atoms with E-state index in [1.54, 1.807) is 0 Å². The van der Waals surface area contributed by atoms with Crippen LogP contribution in [0.1, 0.15) is 39.2 Å². The van der Waals surface area contributed by atoms with Gasteiger partial charge in [-0.1, -0.05) is 19.1 Å². The summed E-state index contributed by atoms with van der Waals surface area (Å²) >= 11 is 0. The Bertz CT molecular complexity index is 550. The van der Waals surface area contributed by atoms with E-state index < -0.39 is 0 Å². The van der Waals surface area contributed by atoms with Crippen molar-refractivity contribution in [2.75, 3.05) is 46.4 Å². The van der Waals surface area contributed by atoms with Gasteiger partial charge in [-0.25, -0.2) is 0 Å². The van der Waals surface area contributed by atoms with Gasteiger partial charge in [0.15, 0.2) is 5.96 Å². The molecule has 1 fully saturated rings. The van der Waals surface area contributed by atoms with Crippen LogP contribution in [-0.2, 0) is 6.54 Å². The molecule has 2 rings (SSSR count). The van der Waals surface area contributed by atoms with Gasteiger partial charge in [-0.3, -0.25) is 4.99 Å². The molecule has 27 heavy (non-hydrogen) atoms. The number of piperidine rings is 1. The number of likely N-dealkylation sites (tertiary alicyclic amines) is 1. The van der Waals surface area contributed by atoms with Gasteiger partial charge in [-0.05, 0) is 63.4 Å². The number of halogens is 1. The van der Waals surface area contributed by atoms with Crippen molar-refractivity contribution >= 4 is 29.9 Å². The molecular formula is C21H37IN4O. The minimum absolute atomic E-state index is 0. The van der Waals surface area contributed by atoms with Gasteiger partial charge in [0.25, 0.3) is 0 Å². The van der Waals surface area contributed by atoms with E-state index in [4.69, 9.17) is 9.73 Å². The Hall–Kier alpha value is -1.02. The van der Waals surface area contributed by atoms with Crippen LogP contribution < -0.4 is 10.1 Å². The summed E-state index contributed by atoms with van der Waals surface area (Å²) in [5.41, 5.74) is 1.26. The zero-order valence-electron chi connectivity index (χ0n) is 17.4. The average Bonchev–Trinajstić information content (AvgIpc) is 2.67. The number of nitrogens with zero attached hydrogens (tertiary/aromatic N) is 3. The first-order valence-corrected chi connectivity index (χ1v) is 10.1. The molecule has 0 aromatic heterocycles. The second kappa shape index (κ2) is 13.2. The summed E-state index contributed by atoms with van der Waals surface area (Å²) in [6, 6.07) is 8.34. The van der Waals surface area contributed by atoms with Crippen LogP contribution >= 0.6 is 24.0 Å². The molecule has 1 aromatic carbocycles. The number of hydrogen-bond acceptors (Lipinski definition) is 3. The van der Waals surface area contributed by atoms with Crippen molar-refractivity contribution in [3.63, 3.8) is 0 Å². The molecule has 1 atom stereocenters. The SMILES string of the molecule is CCNC(=NCC1CCCN(CC)C1)N(C)Cc1ccc(OCC)cc1.I. The molecule has 6 heteroatoms. The second-order valence-corrected chi connectivity index (χ2v) is 7.03. The molecule has 1 aliphatic rings. The fraction of sp³-hybridized carbons (Fsp3) is 0.667. The fourth-order valence-corrected chi connectivity index (χ4v) is 3.48. The highest BCUT2D eigenvalue weighted by Gasteiger charge is 2.18. The molecule has 0 radical (unpaired) electrons. The minimum Gasteiger partial charge on any atom is -0.494 e. The van der Waals surface area contributed by atoms with E-state index >= 15 is 0 Å². The molecule has 1 N–H and O–H groups in total. The monoisotopic (exact) mass is 488 g/mol. The number of aliphatic imine (C=N–C) groups is 1. The fourth-order valence-electron chi connectivity index (χ4n) is 3.48. The third-order valence-corrected chi connectivity index (χ3v) is 4.90. The summed E-state index contributed by atoms with van der Waals surface area (Å²) in [4.78, 5) is 9.68. The predicted molar refractivity (Wildman–Crippen MR) is 125 cm³/mol. The molecular weight excluding hydrogens is 451 g/mol. The number of hydrogen-bond donors (Lipinski definition) is 1. The highest BCUT2D eigenvalue weighted by molar-refractivity contribution is 14.0. The Morgan fingerprint density at radius 3 is 2.63 bits per heavy atom. The van der Waals surface area contributed by atoms with Crippen LogP contribution in [0.25, 0.3) is 0 Å². The van der Waals surface area contributed by atoms with Crippen molar-refractivity contribution in [3.8, 4) is 5.75 Å². The standard InChI is InChI=1S/C21H36N4O.HI/c1-5-22-21(23-15-19-9-8-14-25(6-2)17-19)24(4)16-18-10-12-20(13-11-18)26-7-3;/h10-13,19H,5-9,14-17H2,1-4H3,(H,22,23);1H. The number of nitrogens with one attached hydrogen (secondary N) is 1. The lowest BCUT2D eigenvalue weighted by Crippen LogP contribution is -2.40. The minimum atomic E-state index is 0. The molecule has 0 aliphatic carbocycles. The van der Waals surface area contributed by atoms with E-state index in [0.29, 0.717) is 12.5 Å². The van der Waals surface area contributed by atoms with Gasteiger partial charge in [-0.15, -0.1) is 24.0 Å². The van der Waals surface area contributed by atoms with Crippen LogP contribution in [-0.4, -0.2) is 62.1 Å². The molecule has 0 spiro atoms. The first-order chi connectivity index (χ1) is 12.7. The van der Waals surface area contributed by atoms with Crippen molar-refractivity contribution in [1.29, 1.82) is 0 Å². The van der Waals surface area contributed by atoms with Crippen LogP contribution in [0.4, 0.5) is 0 Å². The maximum atomic E-state index is 5.52. The molecule has 0 saturated carbocycles. The van der Waals surface area contributed by atoms with Gasteiger partial charge in [-0.2, -0.15) is 0 Å². The van der Waals surface area contributed by atoms with Crippen molar-refractivity contribution in [2.45, 2.75) is 40.2 Å². The maximum absolute atomic E-state index is 5.52. The number of benzene rings is 1. The van der Waals surface area contributed by atoms with Gasteiger partial charge in [0.2, 0.25) is 0 Å². The molecule has 154 valence electrons. The third kappa shape index (κ3) is 8.25. The molecule has 0 bridgehead atoms. The van der Waals surface area contributed by atoms with E-state index in [2.05, 4.69) is 48.1 Å². The van der Waals surface area contributed by atoms with E-state index in [-0.39, 0.29) is 24.0 Å². The number of ether oxygens (including phenoxy) is 1. The van der Waals surface area contributed by atoms with Gasteiger partial charge in [0, 0.05) is 33.2 Å². The van der Waals surface area contributed by atoms with Crippen LogP contribution in [0.2, 0.25) is 0 Å². The Labute approximate surface area is 182 Å². The summed E-state index contributed by atoms with van der Waals surface area (Å²) in [7, 11) is 2.11. The normalized spacial score (nSPS) is 17.9. The topological polar surface area (TPSA) is 40.1 Å². The smallest absolute Gasteiger partial charge is 0.193 e. The zero-order chi connectivity index (χ0) is 18.8. The highest BCUT2D eigenvalue weighted by atomic mass is 127. The van der Waals surface area contributed by atoms with Gasteiger partial charge in [0.05, 0.1) is 6.61 Å². The van der Waals surface area contributed by atoms with E-state index in [1.807, 2.05) is 19.1 Å². The summed E-state index contributed by atoms with van der Waals surface area (Å²) in [5, 5.41) is 3.44. The van der Waals surface area contributed by atoms with E-state index in [1.165, 1.54) is 31.5 Å². The summed E-state index contributed by atoms with van der Waals surface area (Å²) in [5.74, 6) is 2.60. The molecule has 1 aliphatic heterocycles. The van der Waals surface area contributed by atoms with Crippen molar-refractivity contribution in [1.82, 2.24) is 15.1 Å². The Morgan fingerprint density at radius 1 is 1.26 bits per heavy atom. The lowest BCUT2D eigenvalue weighted by molar-refractivity contribution is 0.186. The first-order valence-electron chi connectivity index (χ1n) is 10.1. The van der Waals surface area contributed by atoms with Crippen molar-refractivity contribution in [3.05, 3.63) is 29.8 Å². The van der Waals surface area contributed by atoms with Crippen molar-refractivity contribution < 1.29 is 4.74 Å². The average molecular weight is 488 g/mol. The van der Waals surface area contributed by atoms with Gasteiger partial charge >= 0.3 is 0 Å². The highest BCUT2D eigenvalue weighted by Crippen LogP contribution is 2.17. The Kier molecular flexibility index (Phi) is 11.7. The van der Waals surface area contributed by atoms with E-state index in [0.717, 1.165) is 37.9 Å². The molecule has 1 saturated heterocycles. The lowest BCUT2D eigenvalue weighted by atomic mass is 9.98. The van der Waals surface area contributed by atoms with Gasteiger partial charge < -0.3 is 19.9 Å². The summed E-state index contributed by atoms with van der Waals surface area (Å²) in [6.07, 6.45) is 2.59. The molecule has 1 heterocycles.